The van der Waals surface area contributed by atoms with E-state index in [0.29, 0.717) is 11.6 Å². The van der Waals surface area contributed by atoms with Crippen LogP contribution in [0.5, 0.6) is 0 Å². The van der Waals surface area contributed by atoms with Gasteiger partial charge in [0.15, 0.2) is 5.82 Å². The van der Waals surface area contributed by atoms with E-state index in [1.807, 2.05) is 18.5 Å². The maximum absolute atomic E-state index is 4.46. The van der Waals surface area contributed by atoms with E-state index in [2.05, 4.69) is 25.3 Å². The van der Waals surface area contributed by atoms with Crippen molar-refractivity contribution in [2.24, 2.45) is 0 Å². The van der Waals surface area contributed by atoms with Gasteiger partial charge in [-0.1, -0.05) is 0 Å². The van der Waals surface area contributed by atoms with E-state index in [1.165, 1.54) is 0 Å². The second kappa shape index (κ2) is 4.06. The fourth-order valence-corrected chi connectivity index (χ4v) is 2.32. The number of fused-ring (bicyclic) bond motifs is 1. The van der Waals surface area contributed by atoms with E-state index >= 15 is 0 Å². The molecule has 0 radical (unpaired) electrons. The lowest BCUT2D eigenvalue weighted by Gasteiger charge is -2.03. The van der Waals surface area contributed by atoms with Crippen molar-refractivity contribution < 1.29 is 0 Å². The number of nitrogens with zero attached hydrogens (tertiary/aromatic N) is 4. The predicted octanol–water partition coefficient (Wildman–Crippen LogP) is 2.19. The molecule has 0 saturated carbocycles. The summed E-state index contributed by atoms with van der Waals surface area (Å²) in [5.74, 6) is 1.89. The molecule has 6 heteroatoms. The normalized spacial score (nSPS) is 10.6. The number of aromatic nitrogens is 4. The molecule has 84 valence electrons. The lowest BCUT2D eigenvalue weighted by Crippen LogP contribution is -1.99. The SMILES string of the molecule is CNc1nc(-c2ncccn2)nc2sccc12. The Balaban J connectivity index is 2.24. The van der Waals surface area contributed by atoms with Crippen LogP contribution in [0.25, 0.3) is 21.9 Å². The van der Waals surface area contributed by atoms with Gasteiger partial charge in [-0.3, -0.25) is 0 Å². The van der Waals surface area contributed by atoms with Crippen LogP contribution in [0.15, 0.2) is 29.9 Å². The zero-order valence-electron chi connectivity index (χ0n) is 9.08. The number of rotatable bonds is 2. The first-order chi connectivity index (χ1) is 8.38. The number of anilines is 1. The standard InChI is InChI=1S/C11H9N5S/c1-12-8-7-3-6-17-11(7)16-10(15-8)9-13-4-2-5-14-9/h2-6H,1H3,(H,12,15,16). The van der Waals surface area contributed by atoms with Gasteiger partial charge >= 0.3 is 0 Å². The summed E-state index contributed by atoms with van der Waals surface area (Å²) >= 11 is 1.58. The predicted molar refractivity (Wildman–Crippen MR) is 68.0 cm³/mol. The lowest BCUT2D eigenvalue weighted by molar-refractivity contribution is 1.10. The van der Waals surface area contributed by atoms with Crippen LogP contribution in [0.1, 0.15) is 0 Å². The van der Waals surface area contributed by atoms with E-state index in [0.717, 1.165) is 16.0 Å². The van der Waals surface area contributed by atoms with Crippen molar-refractivity contribution in [3.05, 3.63) is 29.9 Å². The van der Waals surface area contributed by atoms with Crippen molar-refractivity contribution in [3.8, 4) is 11.6 Å². The molecule has 0 aliphatic carbocycles. The minimum Gasteiger partial charge on any atom is -0.372 e. The van der Waals surface area contributed by atoms with Crippen LogP contribution >= 0.6 is 11.3 Å². The Hall–Kier alpha value is -2.08. The number of thiophene rings is 1. The summed E-state index contributed by atoms with van der Waals surface area (Å²) in [6.45, 7) is 0. The van der Waals surface area contributed by atoms with Crippen molar-refractivity contribution in [2.45, 2.75) is 0 Å². The van der Waals surface area contributed by atoms with Crippen molar-refractivity contribution in [1.82, 2.24) is 19.9 Å². The monoisotopic (exact) mass is 243 g/mol. The molecular weight excluding hydrogens is 234 g/mol. The molecule has 3 aromatic rings. The Bertz CT molecular complexity index is 649. The van der Waals surface area contributed by atoms with Crippen LogP contribution in [-0.2, 0) is 0 Å². The molecule has 0 amide bonds. The first kappa shape index (κ1) is 10.1. The largest absolute Gasteiger partial charge is 0.372 e. The molecule has 0 fully saturated rings. The molecule has 0 aromatic carbocycles. The molecule has 1 N–H and O–H groups in total. The van der Waals surface area contributed by atoms with Crippen LogP contribution in [0.2, 0.25) is 0 Å². The molecule has 3 heterocycles. The Kier molecular flexibility index (Phi) is 2.41. The Morgan fingerprint density at radius 1 is 1.12 bits per heavy atom. The van der Waals surface area contributed by atoms with Crippen LogP contribution in [0, 0.1) is 0 Å². The molecule has 3 rings (SSSR count). The summed E-state index contributed by atoms with van der Waals surface area (Å²) < 4.78 is 0. The van der Waals surface area contributed by atoms with Gasteiger partial charge in [0.25, 0.3) is 0 Å². The van der Waals surface area contributed by atoms with Crippen molar-refractivity contribution in [3.63, 3.8) is 0 Å². The second-order valence-corrected chi connectivity index (χ2v) is 4.25. The third-order valence-electron chi connectivity index (χ3n) is 2.33. The van der Waals surface area contributed by atoms with Crippen molar-refractivity contribution in [1.29, 1.82) is 0 Å². The summed E-state index contributed by atoms with van der Waals surface area (Å²) in [7, 11) is 1.84. The Morgan fingerprint density at radius 3 is 2.71 bits per heavy atom. The molecule has 0 bridgehead atoms. The topological polar surface area (TPSA) is 63.6 Å². The van der Waals surface area contributed by atoms with Gasteiger partial charge in [0, 0.05) is 19.4 Å². The first-order valence-electron chi connectivity index (χ1n) is 5.09. The molecule has 0 saturated heterocycles. The van der Waals surface area contributed by atoms with Crippen LogP contribution in [0.4, 0.5) is 5.82 Å². The summed E-state index contributed by atoms with van der Waals surface area (Å²) in [4.78, 5) is 18.1. The average molecular weight is 243 g/mol. The van der Waals surface area contributed by atoms with Crippen LogP contribution in [-0.4, -0.2) is 27.0 Å². The highest BCUT2D eigenvalue weighted by atomic mass is 32.1. The minimum atomic E-state index is 0.541. The molecule has 0 atom stereocenters. The van der Waals surface area contributed by atoms with E-state index in [1.54, 1.807) is 29.8 Å². The quantitative estimate of drug-likeness (QED) is 0.747. The molecule has 3 aromatic heterocycles. The summed E-state index contributed by atoms with van der Waals surface area (Å²) in [5.41, 5.74) is 0. The van der Waals surface area contributed by atoms with Gasteiger partial charge in [0.05, 0.1) is 5.39 Å². The first-order valence-corrected chi connectivity index (χ1v) is 5.97. The van der Waals surface area contributed by atoms with Gasteiger partial charge in [0.2, 0.25) is 5.82 Å². The van der Waals surface area contributed by atoms with Crippen LogP contribution in [0.3, 0.4) is 0 Å². The van der Waals surface area contributed by atoms with Gasteiger partial charge in [-0.25, -0.2) is 19.9 Å². The highest BCUT2D eigenvalue weighted by Crippen LogP contribution is 2.26. The highest BCUT2D eigenvalue weighted by Gasteiger charge is 2.10. The molecule has 0 spiro atoms. The van der Waals surface area contributed by atoms with Crippen molar-refractivity contribution >= 4 is 27.4 Å². The maximum Gasteiger partial charge on any atom is 0.201 e. The molecular formula is C11H9N5S. The van der Waals surface area contributed by atoms with E-state index in [-0.39, 0.29) is 0 Å². The van der Waals surface area contributed by atoms with Gasteiger partial charge in [-0.15, -0.1) is 11.3 Å². The maximum atomic E-state index is 4.46. The van der Waals surface area contributed by atoms with E-state index < -0.39 is 0 Å². The summed E-state index contributed by atoms with van der Waals surface area (Å²) in [6, 6.07) is 3.77. The third-order valence-corrected chi connectivity index (χ3v) is 3.13. The summed E-state index contributed by atoms with van der Waals surface area (Å²) in [6.07, 6.45) is 3.37. The Morgan fingerprint density at radius 2 is 1.94 bits per heavy atom. The average Bonchev–Trinajstić information content (AvgIpc) is 2.86. The number of nitrogens with one attached hydrogen (secondary N) is 1. The lowest BCUT2D eigenvalue weighted by atomic mass is 10.3. The summed E-state index contributed by atoms with van der Waals surface area (Å²) in [5, 5.41) is 6.09. The fourth-order valence-electron chi connectivity index (χ4n) is 1.56. The van der Waals surface area contributed by atoms with Gasteiger partial charge in [0.1, 0.15) is 10.6 Å². The zero-order valence-corrected chi connectivity index (χ0v) is 9.90. The van der Waals surface area contributed by atoms with Crippen LogP contribution < -0.4 is 5.32 Å². The van der Waals surface area contributed by atoms with Gasteiger partial charge in [-0.05, 0) is 17.5 Å². The second-order valence-electron chi connectivity index (χ2n) is 3.36. The molecule has 5 nitrogen and oxygen atoms in total. The number of hydrogen-bond donors (Lipinski definition) is 1. The van der Waals surface area contributed by atoms with Gasteiger partial charge in [-0.2, -0.15) is 0 Å². The van der Waals surface area contributed by atoms with E-state index in [9.17, 15) is 0 Å². The van der Waals surface area contributed by atoms with E-state index in [4.69, 9.17) is 0 Å². The smallest absolute Gasteiger partial charge is 0.201 e. The Labute approximate surface area is 102 Å². The highest BCUT2D eigenvalue weighted by molar-refractivity contribution is 7.16. The third kappa shape index (κ3) is 1.72. The molecule has 0 aliphatic rings. The minimum absolute atomic E-state index is 0.541. The fraction of sp³-hybridized carbons (Fsp3) is 0.0909. The number of hydrogen-bond acceptors (Lipinski definition) is 6. The van der Waals surface area contributed by atoms with Gasteiger partial charge < -0.3 is 5.32 Å². The molecule has 0 unspecified atom stereocenters. The molecule has 17 heavy (non-hydrogen) atoms. The zero-order chi connectivity index (χ0) is 11.7. The molecule has 0 aliphatic heterocycles. The van der Waals surface area contributed by atoms with Crippen molar-refractivity contribution in [2.75, 3.05) is 12.4 Å².